The van der Waals surface area contributed by atoms with E-state index in [1.807, 2.05) is 0 Å². The quantitative estimate of drug-likeness (QED) is 0.538. The largest absolute Gasteiger partial charge is 0.388 e. The summed E-state index contributed by atoms with van der Waals surface area (Å²) < 4.78 is 0. The van der Waals surface area contributed by atoms with Crippen LogP contribution in [0.5, 0.6) is 0 Å². The van der Waals surface area contributed by atoms with Gasteiger partial charge in [0.15, 0.2) is 0 Å². The molecule has 3 heteroatoms. The zero-order chi connectivity index (χ0) is 20.3. The molecular weight excluding hydrogens is 344 g/mol. The van der Waals surface area contributed by atoms with E-state index in [0.29, 0.717) is 12.0 Å². The van der Waals surface area contributed by atoms with Crippen LogP contribution in [0.3, 0.4) is 0 Å². The number of rotatable bonds is 9. The van der Waals surface area contributed by atoms with Crippen LogP contribution >= 0.6 is 0 Å². The van der Waals surface area contributed by atoms with Crippen molar-refractivity contribution in [3.8, 4) is 0 Å². The molecule has 1 aliphatic rings. The third kappa shape index (κ3) is 4.16. The van der Waals surface area contributed by atoms with Crippen molar-refractivity contribution in [2.75, 3.05) is 7.05 Å². The Balaban J connectivity index is 2.04. The number of H-pyrrole nitrogens is 1. The number of aromatic nitrogens is 1. The monoisotopic (exact) mass is 384 g/mol. The molecule has 156 valence electrons. The lowest BCUT2D eigenvalue weighted by Gasteiger charge is -2.48. The summed E-state index contributed by atoms with van der Waals surface area (Å²) in [7, 11) is 2.25. The van der Waals surface area contributed by atoms with Gasteiger partial charge in [-0.1, -0.05) is 71.6 Å². The fourth-order valence-corrected chi connectivity index (χ4v) is 5.21. The van der Waals surface area contributed by atoms with Crippen molar-refractivity contribution in [2.45, 2.75) is 96.7 Å². The molecule has 0 aliphatic carbocycles. The number of benzene rings is 1. The molecule has 2 atom stereocenters. The Morgan fingerprint density at radius 1 is 1.14 bits per heavy atom. The van der Waals surface area contributed by atoms with E-state index >= 15 is 0 Å². The number of hydrogen-bond acceptors (Lipinski definition) is 2. The predicted octanol–water partition coefficient (Wildman–Crippen LogP) is 6.22. The number of hydrogen-bond donors (Lipinski definition) is 2. The van der Waals surface area contributed by atoms with Crippen molar-refractivity contribution < 1.29 is 5.11 Å². The fraction of sp³-hybridized carbons (Fsp3) is 0.680. The van der Waals surface area contributed by atoms with Crippen LogP contribution in [-0.4, -0.2) is 33.7 Å². The third-order valence-electron chi connectivity index (χ3n) is 6.80. The van der Waals surface area contributed by atoms with Crippen LogP contribution in [-0.2, 0) is 6.42 Å². The number of aromatic amines is 1. The first-order chi connectivity index (χ1) is 13.4. The first kappa shape index (κ1) is 21.4. The summed E-state index contributed by atoms with van der Waals surface area (Å²) in [4.78, 5) is 6.24. The van der Waals surface area contributed by atoms with Gasteiger partial charge in [0, 0.05) is 22.6 Å². The summed E-state index contributed by atoms with van der Waals surface area (Å²) in [5, 5.41) is 13.2. The molecule has 0 radical (unpaired) electrons. The summed E-state index contributed by atoms with van der Waals surface area (Å²) in [5.74, 6) is 0.616. The summed E-state index contributed by atoms with van der Waals surface area (Å²) in [6, 6.07) is 9.21. The number of unbranched alkanes of at least 4 members (excludes halogenated alkanes) is 2. The van der Waals surface area contributed by atoms with E-state index < -0.39 is 5.60 Å². The van der Waals surface area contributed by atoms with Gasteiger partial charge in [0.2, 0.25) is 0 Å². The average Bonchev–Trinajstić information content (AvgIpc) is 3.05. The molecular formula is C25H40N2O. The molecule has 2 aromatic rings. The number of fused-ring (bicyclic) bond motifs is 3. The molecule has 28 heavy (non-hydrogen) atoms. The highest BCUT2D eigenvalue weighted by Crippen LogP contribution is 2.43. The van der Waals surface area contributed by atoms with Gasteiger partial charge in [0.05, 0.1) is 11.6 Å². The second-order valence-corrected chi connectivity index (χ2v) is 9.40. The second-order valence-electron chi connectivity index (χ2n) is 9.40. The minimum atomic E-state index is -0.605. The molecule has 0 saturated carbocycles. The van der Waals surface area contributed by atoms with Gasteiger partial charge in [0.25, 0.3) is 0 Å². The third-order valence-corrected chi connectivity index (χ3v) is 6.80. The Hall–Kier alpha value is -1.32. The number of nitrogens with one attached hydrogen (secondary N) is 1. The Labute approximate surface area is 171 Å². The highest BCUT2D eigenvalue weighted by Gasteiger charge is 2.44. The lowest BCUT2D eigenvalue weighted by atomic mass is 9.76. The molecule has 1 aromatic carbocycles. The van der Waals surface area contributed by atoms with Crippen molar-refractivity contribution in [3.63, 3.8) is 0 Å². The molecule has 0 fully saturated rings. The zero-order valence-electron chi connectivity index (χ0n) is 18.6. The minimum absolute atomic E-state index is 0.182. The highest BCUT2D eigenvalue weighted by atomic mass is 16.3. The fourth-order valence-electron chi connectivity index (χ4n) is 5.21. The van der Waals surface area contributed by atoms with Crippen molar-refractivity contribution in [2.24, 2.45) is 5.92 Å². The smallest absolute Gasteiger partial charge is 0.0805 e. The molecule has 0 amide bonds. The van der Waals surface area contributed by atoms with Crippen molar-refractivity contribution in [1.82, 2.24) is 9.88 Å². The summed E-state index contributed by atoms with van der Waals surface area (Å²) in [6.07, 6.45) is 8.34. The number of nitrogens with zero attached hydrogens (tertiary/aromatic N) is 1. The molecule has 0 unspecified atom stereocenters. The number of likely N-dealkylation sites (N-methyl/N-ethyl adjacent to an activating group) is 1. The van der Waals surface area contributed by atoms with Crippen LogP contribution in [0.2, 0.25) is 0 Å². The first-order valence-corrected chi connectivity index (χ1v) is 11.4. The summed E-state index contributed by atoms with van der Waals surface area (Å²) in [6.45, 7) is 9.06. The van der Waals surface area contributed by atoms with E-state index in [2.05, 4.69) is 68.9 Å². The van der Waals surface area contributed by atoms with E-state index in [9.17, 15) is 5.11 Å². The van der Waals surface area contributed by atoms with Crippen LogP contribution in [0.15, 0.2) is 24.3 Å². The van der Waals surface area contributed by atoms with Gasteiger partial charge in [-0.2, -0.15) is 0 Å². The lowest BCUT2D eigenvalue weighted by Crippen LogP contribution is -2.56. The molecule has 2 N–H and O–H groups in total. The topological polar surface area (TPSA) is 39.3 Å². The van der Waals surface area contributed by atoms with Gasteiger partial charge in [-0.25, -0.2) is 0 Å². The molecule has 0 saturated heterocycles. The van der Waals surface area contributed by atoms with Gasteiger partial charge in [-0.15, -0.1) is 0 Å². The van der Waals surface area contributed by atoms with Crippen molar-refractivity contribution in [1.29, 1.82) is 0 Å². The van der Waals surface area contributed by atoms with E-state index in [1.165, 1.54) is 22.2 Å². The van der Waals surface area contributed by atoms with Gasteiger partial charge in [-0.3, -0.25) is 4.90 Å². The number of para-hydroxylation sites is 1. The van der Waals surface area contributed by atoms with Gasteiger partial charge in [-0.05, 0) is 50.3 Å². The van der Waals surface area contributed by atoms with Crippen LogP contribution in [0.1, 0.15) is 89.9 Å². The van der Waals surface area contributed by atoms with Crippen LogP contribution < -0.4 is 0 Å². The van der Waals surface area contributed by atoms with Crippen LogP contribution in [0.25, 0.3) is 10.9 Å². The van der Waals surface area contributed by atoms with Crippen LogP contribution in [0, 0.1) is 5.92 Å². The standard InChI is InChI=1S/C25H40N2O/c1-6-8-14-25(28,15-9-7-2)23-17-20-19-12-10-11-13-21(19)26-24(20)22(27(23)5)16-18(3)4/h10-13,18,22-23,26,28H,6-9,14-17H2,1-5H3/t22-,23+/m1/s1. The lowest BCUT2D eigenvalue weighted by molar-refractivity contribution is -0.0744. The Bertz CT molecular complexity index is 755. The first-order valence-electron chi connectivity index (χ1n) is 11.4. The normalized spacial score (nSPS) is 20.8. The predicted molar refractivity (Wildman–Crippen MR) is 120 cm³/mol. The highest BCUT2D eigenvalue weighted by molar-refractivity contribution is 5.85. The maximum Gasteiger partial charge on any atom is 0.0805 e. The Morgan fingerprint density at radius 2 is 1.79 bits per heavy atom. The Kier molecular flexibility index (Phi) is 6.88. The minimum Gasteiger partial charge on any atom is -0.388 e. The molecule has 0 spiro atoms. The molecule has 0 bridgehead atoms. The van der Waals surface area contributed by atoms with Crippen molar-refractivity contribution >= 4 is 10.9 Å². The van der Waals surface area contributed by atoms with E-state index in [1.54, 1.807) is 0 Å². The van der Waals surface area contributed by atoms with Crippen LogP contribution in [0.4, 0.5) is 0 Å². The van der Waals surface area contributed by atoms with Gasteiger partial charge >= 0.3 is 0 Å². The molecule has 3 nitrogen and oxygen atoms in total. The van der Waals surface area contributed by atoms with Gasteiger partial charge in [0.1, 0.15) is 0 Å². The average molecular weight is 385 g/mol. The van der Waals surface area contributed by atoms with Gasteiger partial charge < -0.3 is 10.1 Å². The molecule has 2 heterocycles. The van der Waals surface area contributed by atoms with E-state index in [0.717, 1.165) is 51.4 Å². The molecule has 1 aromatic heterocycles. The van der Waals surface area contributed by atoms with E-state index in [4.69, 9.17) is 0 Å². The zero-order valence-corrected chi connectivity index (χ0v) is 18.6. The molecule has 3 rings (SSSR count). The maximum atomic E-state index is 11.9. The summed E-state index contributed by atoms with van der Waals surface area (Å²) in [5.41, 5.74) is 3.45. The Morgan fingerprint density at radius 3 is 2.39 bits per heavy atom. The number of aliphatic hydroxyl groups is 1. The summed E-state index contributed by atoms with van der Waals surface area (Å²) >= 11 is 0. The van der Waals surface area contributed by atoms with E-state index in [-0.39, 0.29) is 6.04 Å². The maximum absolute atomic E-state index is 11.9. The molecule has 1 aliphatic heterocycles. The second kappa shape index (κ2) is 9.00. The SMILES string of the molecule is CCCCC(O)(CCCC)[C@@H]1Cc2c([nH]c3ccccc23)[C@@H](CC(C)C)N1C. The van der Waals surface area contributed by atoms with Crippen molar-refractivity contribution in [3.05, 3.63) is 35.5 Å².